The van der Waals surface area contributed by atoms with Gasteiger partial charge in [-0.1, -0.05) is 39.0 Å². The molecule has 1 aliphatic carbocycles. The molecule has 0 saturated heterocycles. The molecule has 2 aromatic rings. The monoisotopic (exact) mass is 365 g/mol. The Morgan fingerprint density at radius 1 is 1.15 bits per heavy atom. The van der Waals surface area contributed by atoms with Crippen LogP contribution in [0.1, 0.15) is 62.4 Å². The largest absolute Gasteiger partial charge is 0.366 e. The highest BCUT2D eigenvalue weighted by molar-refractivity contribution is 5.93. The second-order valence-corrected chi connectivity index (χ2v) is 8.79. The van der Waals surface area contributed by atoms with Crippen molar-refractivity contribution >= 4 is 5.91 Å². The van der Waals surface area contributed by atoms with Crippen molar-refractivity contribution in [2.24, 2.45) is 17.1 Å². The van der Waals surface area contributed by atoms with Crippen LogP contribution in [0.25, 0.3) is 11.3 Å². The molecule has 3 rings (SSSR count). The molecule has 3 N–H and O–H groups in total. The van der Waals surface area contributed by atoms with Gasteiger partial charge < -0.3 is 11.1 Å². The molecule has 0 aliphatic heterocycles. The van der Waals surface area contributed by atoms with Crippen LogP contribution in [0.15, 0.2) is 42.6 Å². The number of pyridine rings is 1. The van der Waals surface area contributed by atoms with Gasteiger partial charge in [-0.05, 0) is 60.8 Å². The van der Waals surface area contributed by atoms with E-state index in [-0.39, 0.29) is 0 Å². The van der Waals surface area contributed by atoms with E-state index < -0.39 is 5.91 Å². The molecule has 1 aromatic heterocycles. The highest BCUT2D eigenvalue weighted by Gasteiger charge is 2.29. The zero-order valence-electron chi connectivity index (χ0n) is 16.7. The number of carbonyl (C=O) groups excluding carboxylic acids is 1. The molecule has 4 nitrogen and oxygen atoms in total. The summed E-state index contributed by atoms with van der Waals surface area (Å²) in [5.74, 6) is 0.423. The fourth-order valence-electron chi connectivity index (χ4n) is 3.96. The van der Waals surface area contributed by atoms with Crippen LogP contribution in [0.4, 0.5) is 0 Å². The van der Waals surface area contributed by atoms with Gasteiger partial charge in [-0.25, -0.2) is 0 Å². The maximum absolute atomic E-state index is 11.3. The van der Waals surface area contributed by atoms with Crippen LogP contribution in [0, 0.1) is 11.3 Å². The van der Waals surface area contributed by atoms with Gasteiger partial charge in [-0.2, -0.15) is 0 Å². The number of hydrogen-bond acceptors (Lipinski definition) is 3. The van der Waals surface area contributed by atoms with E-state index in [4.69, 9.17) is 5.73 Å². The Bertz CT molecular complexity index is 769. The zero-order chi connectivity index (χ0) is 19.4. The number of nitrogens with zero attached hydrogens (tertiary/aromatic N) is 1. The van der Waals surface area contributed by atoms with Gasteiger partial charge in [0.25, 0.3) is 0 Å². The SMILES string of the molecule is CC(C)(C)[C@H]1CC[C@@H](NCc2ccc(-c3cccc(C(N)=O)c3)nc2)CC1. The van der Waals surface area contributed by atoms with Gasteiger partial charge in [0.1, 0.15) is 0 Å². The number of benzene rings is 1. The Balaban J connectivity index is 1.54. The van der Waals surface area contributed by atoms with Crippen molar-refractivity contribution in [2.75, 3.05) is 0 Å². The molecule has 0 unspecified atom stereocenters. The first kappa shape index (κ1) is 19.6. The molecule has 1 aromatic carbocycles. The quantitative estimate of drug-likeness (QED) is 0.817. The van der Waals surface area contributed by atoms with E-state index in [2.05, 4.69) is 37.1 Å². The minimum Gasteiger partial charge on any atom is -0.366 e. The third-order valence-corrected chi connectivity index (χ3v) is 5.81. The average Bonchev–Trinajstić information content (AvgIpc) is 2.66. The molecule has 1 aliphatic rings. The smallest absolute Gasteiger partial charge is 0.248 e. The topological polar surface area (TPSA) is 68.0 Å². The van der Waals surface area contributed by atoms with Crippen molar-refractivity contribution in [3.63, 3.8) is 0 Å². The number of carbonyl (C=O) groups is 1. The van der Waals surface area contributed by atoms with Crippen LogP contribution in [-0.4, -0.2) is 16.9 Å². The molecule has 144 valence electrons. The minimum absolute atomic E-state index is 0.418. The van der Waals surface area contributed by atoms with Crippen LogP contribution in [0.3, 0.4) is 0 Å². The van der Waals surface area contributed by atoms with Crippen LogP contribution in [0.2, 0.25) is 0 Å². The van der Waals surface area contributed by atoms with E-state index >= 15 is 0 Å². The normalized spacial score (nSPS) is 20.4. The number of nitrogens with one attached hydrogen (secondary N) is 1. The predicted octanol–water partition coefficient (Wildman–Crippen LogP) is 4.54. The van der Waals surface area contributed by atoms with Gasteiger partial charge in [0, 0.05) is 29.9 Å². The maximum Gasteiger partial charge on any atom is 0.248 e. The van der Waals surface area contributed by atoms with Crippen molar-refractivity contribution in [2.45, 2.75) is 59.0 Å². The summed E-state index contributed by atoms with van der Waals surface area (Å²) in [5, 5.41) is 3.69. The third-order valence-electron chi connectivity index (χ3n) is 5.81. The molecular weight excluding hydrogens is 334 g/mol. The first-order valence-corrected chi connectivity index (χ1v) is 9.91. The predicted molar refractivity (Wildman–Crippen MR) is 110 cm³/mol. The number of primary amides is 1. The highest BCUT2D eigenvalue weighted by atomic mass is 16.1. The molecule has 4 heteroatoms. The molecule has 1 saturated carbocycles. The van der Waals surface area contributed by atoms with Crippen molar-refractivity contribution in [1.82, 2.24) is 10.3 Å². The first-order chi connectivity index (χ1) is 12.8. The molecule has 0 atom stereocenters. The van der Waals surface area contributed by atoms with E-state index in [1.807, 2.05) is 24.4 Å². The molecule has 0 spiro atoms. The fraction of sp³-hybridized carbons (Fsp3) is 0.478. The Morgan fingerprint density at radius 2 is 1.89 bits per heavy atom. The first-order valence-electron chi connectivity index (χ1n) is 9.91. The number of hydrogen-bond donors (Lipinski definition) is 2. The van der Waals surface area contributed by atoms with Gasteiger partial charge in [-0.3, -0.25) is 9.78 Å². The third kappa shape index (κ3) is 5.16. The number of amides is 1. The molecule has 0 bridgehead atoms. The number of rotatable bonds is 5. The summed E-state index contributed by atoms with van der Waals surface area (Å²) in [5.41, 5.74) is 9.24. The van der Waals surface area contributed by atoms with Gasteiger partial charge in [0.05, 0.1) is 5.69 Å². The maximum atomic E-state index is 11.3. The summed E-state index contributed by atoms with van der Waals surface area (Å²) >= 11 is 0. The average molecular weight is 366 g/mol. The summed E-state index contributed by atoms with van der Waals surface area (Å²) < 4.78 is 0. The Kier molecular flexibility index (Phi) is 5.95. The van der Waals surface area contributed by atoms with E-state index in [1.165, 1.54) is 31.2 Å². The minimum atomic E-state index is -0.418. The fourth-order valence-corrected chi connectivity index (χ4v) is 3.96. The molecule has 27 heavy (non-hydrogen) atoms. The molecule has 1 fully saturated rings. The van der Waals surface area contributed by atoms with Crippen molar-refractivity contribution in [3.05, 3.63) is 53.7 Å². The van der Waals surface area contributed by atoms with Crippen molar-refractivity contribution in [1.29, 1.82) is 0 Å². The van der Waals surface area contributed by atoms with Crippen LogP contribution >= 0.6 is 0 Å². The summed E-state index contributed by atoms with van der Waals surface area (Å²) in [6.45, 7) is 7.92. The summed E-state index contributed by atoms with van der Waals surface area (Å²) in [7, 11) is 0. The van der Waals surface area contributed by atoms with E-state index in [9.17, 15) is 4.79 Å². The van der Waals surface area contributed by atoms with Crippen LogP contribution < -0.4 is 11.1 Å². The van der Waals surface area contributed by atoms with Gasteiger partial charge >= 0.3 is 0 Å². The number of nitrogens with two attached hydrogens (primary N) is 1. The van der Waals surface area contributed by atoms with E-state index in [0.29, 0.717) is 17.0 Å². The van der Waals surface area contributed by atoms with Gasteiger partial charge in [-0.15, -0.1) is 0 Å². The second kappa shape index (κ2) is 8.22. The van der Waals surface area contributed by atoms with Gasteiger partial charge in [0.2, 0.25) is 5.91 Å². The second-order valence-electron chi connectivity index (χ2n) is 8.79. The summed E-state index contributed by atoms with van der Waals surface area (Å²) in [4.78, 5) is 15.9. The zero-order valence-corrected chi connectivity index (χ0v) is 16.7. The van der Waals surface area contributed by atoms with E-state index in [0.717, 1.165) is 23.7 Å². The molecule has 1 heterocycles. The molecular formula is C23H31N3O. The van der Waals surface area contributed by atoms with Crippen molar-refractivity contribution in [3.8, 4) is 11.3 Å². The summed E-state index contributed by atoms with van der Waals surface area (Å²) in [6, 6.07) is 12.0. The van der Waals surface area contributed by atoms with Crippen LogP contribution in [0.5, 0.6) is 0 Å². The lowest BCUT2D eigenvalue weighted by atomic mass is 9.71. The lowest BCUT2D eigenvalue weighted by Crippen LogP contribution is -2.35. The lowest BCUT2D eigenvalue weighted by Gasteiger charge is -2.37. The highest BCUT2D eigenvalue weighted by Crippen LogP contribution is 2.37. The standard InChI is InChI=1S/C23H31N3O/c1-23(2,3)19-8-10-20(11-9-19)25-14-16-7-12-21(26-15-16)17-5-4-6-18(13-17)22(24)27/h4-7,12-13,15,19-20,25H,8-11,14H2,1-3H3,(H2,24,27)/t19-,20+. The Hall–Kier alpha value is -2.20. The van der Waals surface area contributed by atoms with Crippen molar-refractivity contribution < 1.29 is 4.79 Å². The number of aromatic nitrogens is 1. The lowest BCUT2D eigenvalue weighted by molar-refractivity contribution is 0.100. The van der Waals surface area contributed by atoms with Crippen LogP contribution in [-0.2, 0) is 6.54 Å². The Labute approximate surface area is 162 Å². The molecule has 1 amide bonds. The molecule has 0 radical (unpaired) electrons. The summed E-state index contributed by atoms with van der Waals surface area (Å²) in [6.07, 6.45) is 7.06. The van der Waals surface area contributed by atoms with Gasteiger partial charge in [0.15, 0.2) is 0 Å². The Morgan fingerprint density at radius 3 is 2.48 bits per heavy atom. The van der Waals surface area contributed by atoms with E-state index in [1.54, 1.807) is 12.1 Å².